The third-order valence-corrected chi connectivity index (χ3v) is 2.48. The summed E-state index contributed by atoms with van der Waals surface area (Å²) in [5.41, 5.74) is 6.57. The lowest BCUT2D eigenvalue weighted by Crippen LogP contribution is -2.17. The van der Waals surface area contributed by atoms with Gasteiger partial charge in [0.05, 0.1) is 11.6 Å². The van der Waals surface area contributed by atoms with Gasteiger partial charge < -0.3 is 15.8 Å². The van der Waals surface area contributed by atoms with E-state index in [2.05, 4.69) is 5.32 Å². The highest BCUT2D eigenvalue weighted by molar-refractivity contribution is 6.32. The van der Waals surface area contributed by atoms with Crippen LogP contribution in [0.15, 0.2) is 18.2 Å². The monoisotopic (exact) mass is 242 g/mol. The van der Waals surface area contributed by atoms with E-state index in [1.807, 2.05) is 25.1 Å². The topological polar surface area (TPSA) is 47.3 Å². The molecule has 0 atom stereocenters. The predicted molar refractivity (Wildman–Crippen MR) is 68.0 cm³/mol. The number of ether oxygens (including phenoxy) is 1. The van der Waals surface area contributed by atoms with E-state index >= 15 is 0 Å². The standard InChI is InChI=1S/C12H19ClN2O/c1-2-16-12-5-4-10(8-11(12)13)9-15-7-3-6-14/h4-5,8,15H,2-3,6-7,9,14H2,1H3. The third kappa shape index (κ3) is 4.39. The van der Waals surface area contributed by atoms with E-state index in [9.17, 15) is 0 Å². The molecule has 0 fully saturated rings. The molecule has 0 amide bonds. The van der Waals surface area contributed by atoms with Crippen LogP contribution in [-0.4, -0.2) is 19.7 Å². The first-order valence-electron chi connectivity index (χ1n) is 5.60. The van der Waals surface area contributed by atoms with E-state index in [-0.39, 0.29) is 0 Å². The summed E-state index contributed by atoms with van der Waals surface area (Å²) >= 11 is 6.08. The Balaban J connectivity index is 2.46. The van der Waals surface area contributed by atoms with Crippen molar-refractivity contribution in [2.75, 3.05) is 19.7 Å². The molecule has 1 aromatic rings. The van der Waals surface area contributed by atoms with Crippen LogP contribution in [-0.2, 0) is 6.54 Å². The van der Waals surface area contributed by atoms with Crippen LogP contribution in [0.2, 0.25) is 5.02 Å². The lowest BCUT2D eigenvalue weighted by Gasteiger charge is -2.08. The molecule has 0 aliphatic rings. The molecule has 0 aliphatic carbocycles. The SMILES string of the molecule is CCOc1ccc(CNCCCN)cc1Cl. The maximum Gasteiger partial charge on any atom is 0.137 e. The molecule has 3 N–H and O–H groups in total. The van der Waals surface area contributed by atoms with Crippen molar-refractivity contribution in [2.24, 2.45) is 5.73 Å². The summed E-state index contributed by atoms with van der Waals surface area (Å²) in [6.45, 7) is 5.04. The largest absolute Gasteiger partial charge is 0.492 e. The van der Waals surface area contributed by atoms with Crippen LogP contribution in [0.25, 0.3) is 0 Å². The molecular weight excluding hydrogens is 224 g/mol. The fourth-order valence-corrected chi connectivity index (χ4v) is 1.64. The van der Waals surface area contributed by atoms with E-state index in [0.717, 1.165) is 37.4 Å². The van der Waals surface area contributed by atoms with E-state index in [1.54, 1.807) is 0 Å². The Morgan fingerprint density at radius 3 is 2.88 bits per heavy atom. The van der Waals surface area contributed by atoms with Crippen LogP contribution in [0.4, 0.5) is 0 Å². The van der Waals surface area contributed by atoms with Crippen molar-refractivity contribution in [3.05, 3.63) is 28.8 Å². The van der Waals surface area contributed by atoms with E-state index in [0.29, 0.717) is 11.6 Å². The Morgan fingerprint density at radius 2 is 2.25 bits per heavy atom. The summed E-state index contributed by atoms with van der Waals surface area (Å²) in [5.74, 6) is 0.745. The summed E-state index contributed by atoms with van der Waals surface area (Å²) in [5, 5.41) is 3.97. The second kappa shape index (κ2) is 7.49. The van der Waals surface area contributed by atoms with Crippen molar-refractivity contribution in [2.45, 2.75) is 19.9 Å². The zero-order chi connectivity index (χ0) is 11.8. The Hall–Kier alpha value is -0.770. The summed E-state index contributed by atoms with van der Waals surface area (Å²) in [7, 11) is 0. The molecule has 0 saturated carbocycles. The fourth-order valence-electron chi connectivity index (χ4n) is 1.39. The first-order chi connectivity index (χ1) is 7.77. The smallest absolute Gasteiger partial charge is 0.137 e. The summed E-state index contributed by atoms with van der Waals surface area (Å²) < 4.78 is 5.37. The number of rotatable bonds is 7. The van der Waals surface area contributed by atoms with Gasteiger partial charge in [-0.25, -0.2) is 0 Å². The van der Waals surface area contributed by atoms with Gasteiger partial charge in [0.1, 0.15) is 5.75 Å². The Kier molecular flexibility index (Phi) is 6.23. The summed E-state index contributed by atoms with van der Waals surface area (Å²) in [4.78, 5) is 0. The lowest BCUT2D eigenvalue weighted by atomic mass is 10.2. The van der Waals surface area contributed by atoms with Gasteiger partial charge in [0.25, 0.3) is 0 Å². The maximum atomic E-state index is 6.08. The zero-order valence-corrected chi connectivity index (χ0v) is 10.4. The highest BCUT2D eigenvalue weighted by Crippen LogP contribution is 2.25. The van der Waals surface area contributed by atoms with Gasteiger partial charge in [-0.2, -0.15) is 0 Å². The zero-order valence-electron chi connectivity index (χ0n) is 9.63. The second-order valence-corrected chi connectivity index (χ2v) is 3.92. The second-order valence-electron chi connectivity index (χ2n) is 3.52. The van der Waals surface area contributed by atoms with E-state index < -0.39 is 0 Å². The third-order valence-electron chi connectivity index (χ3n) is 2.18. The minimum absolute atomic E-state index is 0.633. The molecule has 4 heteroatoms. The molecular formula is C12H19ClN2O. The van der Waals surface area contributed by atoms with Gasteiger partial charge in [0.2, 0.25) is 0 Å². The first kappa shape index (κ1) is 13.3. The Morgan fingerprint density at radius 1 is 1.44 bits per heavy atom. The first-order valence-corrected chi connectivity index (χ1v) is 5.97. The molecule has 3 nitrogen and oxygen atoms in total. The lowest BCUT2D eigenvalue weighted by molar-refractivity contribution is 0.340. The van der Waals surface area contributed by atoms with Crippen molar-refractivity contribution in [3.8, 4) is 5.75 Å². The van der Waals surface area contributed by atoms with Crippen molar-refractivity contribution >= 4 is 11.6 Å². The van der Waals surface area contributed by atoms with Crippen LogP contribution >= 0.6 is 11.6 Å². The van der Waals surface area contributed by atoms with Crippen molar-refractivity contribution in [1.29, 1.82) is 0 Å². The highest BCUT2D eigenvalue weighted by Gasteiger charge is 2.01. The number of benzene rings is 1. The Bertz CT molecular complexity index is 318. The van der Waals surface area contributed by atoms with Gasteiger partial charge in [0, 0.05) is 6.54 Å². The quantitative estimate of drug-likeness (QED) is 0.721. The van der Waals surface area contributed by atoms with Crippen molar-refractivity contribution in [1.82, 2.24) is 5.32 Å². The number of nitrogens with two attached hydrogens (primary N) is 1. The van der Waals surface area contributed by atoms with Gasteiger partial charge >= 0.3 is 0 Å². The van der Waals surface area contributed by atoms with Crippen LogP contribution in [0.1, 0.15) is 18.9 Å². The van der Waals surface area contributed by atoms with E-state index in [1.165, 1.54) is 0 Å². The number of nitrogens with one attached hydrogen (secondary N) is 1. The van der Waals surface area contributed by atoms with Gasteiger partial charge in [-0.3, -0.25) is 0 Å². The molecule has 0 radical (unpaired) electrons. The van der Waals surface area contributed by atoms with Crippen LogP contribution in [0.3, 0.4) is 0 Å². The molecule has 0 spiro atoms. The minimum atomic E-state index is 0.633. The van der Waals surface area contributed by atoms with Gasteiger partial charge in [-0.05, 0) is 44.1 Å². The molecule has 1 rings (SSSR count). The van der Waals surface area contributed by atoms with Gasteiger partial charge in [-0.15, -0.1) is 0 Å². The minimum Gasteiger partial charge on any atom is -0.492 e. The van der Waals surface area contributed by atoms with Gasteiger partial charge in [-0.1, -0.05) is 17.7 Å². The Labute approximate surface area is 102 Å². The summed E-state index contributed by atoms with van der Waals surface area (Å²) in [6.07, 6.45) is 0.991. The molecule has 0 heterocycles. The summed E-state index contributed by atoms with van der Waals surface area (Å²) in [6, 6.07) is 5.86. The molecule has 0 aromatic heterocycles. The van der Waals surface area contributed by atoms with Crippen LogP contribution in [0.5, 0.6) is 5.75 Å². The normalized spacial score (nSPS) is 10.4. The fraction of sp³-hybridized carbons (Fsp3) is 0.500. The average Bonchev–Trinajstić information content (AvgIpc) is 2.28. The van der Waals surface area contributed by atoms with E-state index in [4.69, 9.17) is 22.1 Å². The van der Waals surface area contributed by atoms with Gasteiger partial charge in [0.15, 0.2) is 0 Å². The number of hydrogen-bond acceptors (Lipinski definition) is 3. The molecule has 0 saturated heterocycles. The van der Waals surface area contributed by atoms with Crippen molar-refractivity contribution < 1.29 is 4.74 Å². The molecule has 0 aliphatic heterocycles. The molecule has 90 valence electrons. The molecule has 0 bridgehead atoms. The molecule has 0 unspecified atom stereocenters. The maximum absolute atomic E-state index is 6.08. The average molecular weight is 243 g/mol. The van der Waals surface area contributed by atoms with Crippen molar-refractivity contribution in [3.63, 3.8) is 0 Å². The predicted octanol–water partition coefficient (Wildman–Crippen LogP) is 2.18. The number of hydrogen-bond donors (Lipinski definition) is 2. The number of halogens is 1. The van der Waals surface area contributed by atoms with Crippen LogP contribution < -0.4 is 15.8 Å². The highest BCUT2D eigenvalue weighted by atomic mass is 35.5. The van der Waals surface area contributed by atoms with Crippen LogP contribution in [0, 0.1) is 0 Å². The molecule has 16 heavy (non-hydrogen) atoms. The molecule has 1 aromatic carbocycles.